The highest BCUT2D eigenvalue weighted by atomic mass is 16.5. The third-order valence-corrected chi connectivity index (χ3v) is 4.34. The van der Waals surface area contributed by atoms with Gasteiger partial charge in [0.2, 0.25) is 0 Å². The minimum atomic E-state index is -0.989. The lowest BCUT2D eigenvalue weighted by Crippen LogP contribution is -2.52. The van der Waals surface area contributed by atoms with Gasteiger partial charge in [0.1, 0.15) is 17.5 Å². The first-order valence-electron chi connectivity index (χ1n) is 7.60. The Bertz CT molecular complexity index is 879. The Hall–Kier alpha value is -2.62. The molecular weight excluding hydrogens is 308 g/mol. The molecule has 0 spiro atoms. The first-order valence-corrected chi connectivity index (χ1v) is 7.60. The normalized spacial score (nSPS) is 21.5. The van der Waals surface area contributed by atoms with Gasteiger partial charge in [-0.1, -0.05) is 0 Å². The van der Waals surface area contributed by atoms with Crippen molar-refractivity contribution in [2.45, 2.75) is 38.2 Å². The number of fused-ring (bicyclic) bond motifs is 1. The van der Waals surface area contributed by atoms with E-state index in [0.717, 1.165) is 0 Å². The highest BCUT2D eigenvalue weighted by Gasteiger charge is 2.44. The minimum absolute atomic E-state index is 0.229. The fraction of sp³-hybridized carbons (Fsp3) is 0.333. The second kappa shape index (κ2) is 5.78. The molecule has 24 heavy (non-hydrogen) atoms. The number of benzene rings is 1. The third-order valence-electron chi connectivity index (χ3n) is 4.34. The van der Waals surface area contributed by atoms with Gasteiger partial charge in [0, 0.05) is 17.8 Å². The number of pyridine rings is 1. The van der Waals surface area contributed by atoms with E-state index in [4.69, 9.17) is 10.00 Å². The minimum Gasteiger partial charge on any atom is -0.485 e. The van der Waals surface area contributed by atoms with Crippen molar-refractivity contribution in [3.63, 3.8) is 0 Å². The molecule has 0 bridgehead atoms. The van der Waals surface area contributed by atoms with Crippen molar-refractivity contribution >= 4 is 0 Å². The Morgan fingerprint density at radius 2 is 2.08 bits per heavy atom. The lowest BCUT2D eigenvalue weighted by atomic mass is 9.85. The number of nitrogens with zero attached hydrogens (tertiary/aromatic N) is 2. The Morgan fingerprint density at radius 1 is 1.33 bits per heavy atom. The molecule has 2 atom stereocenters. The van der Waals surface area contributed by atoms with E-state index in [2.05, 4.69) is 6.07 Å². The van der Waals surface area contributed by atoms with Gasteiger partial charge in [-0.3, -0.25) is 4.79 Å². The van der Waals surface area contributed by atoms with Gasteiger partial charge in [0.15, 0.2) is 0 Å². The zero-order valence-electron chi connectivity index (χ0n) is 13.4. The summed E-state index contributed by atoms with van der Waals surface area (Å²) >= 11 is 0. The van der Waals surface area contributed by atoms with E-state index in [1.54, 1.807) is 44.3 Å². The van der Waals surface area contributed by atoms with Crippen molar-refractivity contribution < 1.29 is 14.9 Å². The predicted octanol–water partition coefficient (Wildman–Crippen LogP) is 1.33. The molecule has 2 heterocycles. The van der Waals surface area contributed by atoms with Crippen LogP contribution in [-0.4, -0.2) is 26.5 Å². The number of ether oxygens (including phenoxy) is 1. The molecule has 0 amide bonds. The summed E-state index contributed by atoms with van der Waals surface area (Å²) < 4.78 is 7.26. The van der Waals surface area contributed by atoms with Crippen LogP contribution < -0.4 is 10.3 Å². The summed E-state index contributed by atoms with van der Waals surface area (Å²) in [4.78, 5) is 12.5. The molecule has 6 nitrogen and oxygen atoms in total. The quantitative estimate of drug-likeness (QED) is 0.868. The number of hydrogen-bond acceptors (Lipinski definition) is 5. The predicted molar refractivity (Wildman–Crippen MR) is 86.6 cm³/mol. The van der Waals surface area contributed by atoms with Crippen LogP contribution in [0.5, 0.6) is 5.75 Å². The van der Waals surface area contributed by atoms with E-state index in [0.29, 0.717) is 22.4 Å². The van der Waals surface area contributed by atoms with Crippen LogP contribution >= 0.6 is 0 Å². The molecule has 2 aromatic rings. The molecule has 0 saturated heterocycles. The highest BCUT2D eigenvalue weighted by Crippen LogP contribution is 2.41. The van der Waals surface area contributed by atoms with Crippen LogP contribution in [0.4, 0.5) is 0 Å². The molecule has 2 N–H and O–H groups in total. The summed E-state index contributed by atoms with van der Waals surface area (Å²) in [6, 6.07) is 9.29. The van der Waals surface area contributed by atoms with E-state index < -0.39 is 17.7 Å². The molecule has 0 radical (unpaired) electrons. The molecule has 124 valence electrons. The van der Waals surface area contributed by atoms with Crippen LogP contribution in [0, 0.1) is 11.3 Å². The van der Waals surface area contributed by atoms with Gasteiger partial charge >= 0.3 is 0 Å². The molecule has 1 aromatic carbocycles. The topological polar surface area (TPSA) is 95.5 Å². The summed E-state index contributed by atoms with van der Waals surface area (Å²) in [5.74, 6) is 0.535. The largest absolute Gasteiger partial charge is 0.485 e. The number of aliphatic hydroxyl groups is 2. The maximum absolute atomic E-state index is 12.5. The summed E-state index contributed by atoms with van der Waals surface area (Å²) in [7, 11) is 0. The van der Waals surface area contributed by atoms with Gasteiger partial charge in [0.05, 0.1) is 24.3 Å². The monoisotopic (exact) mass is 326 g/mol. The average molecular weight is 326 g/mol. The highest BCUT2D eigenvalue weighted by molar-refractivity contribution is 5.46. The van der Waals surface area contributed by atoms with Gasteiger partial charge in [-0.25, -0.2) is 0 Å². The van der Waals surface area contributed by atoms with E-state index >= 15 is 0 Å². The molecular formula is C18H18N2O4. The molecule has 6 heteroatoms. The lowest BCUT2D eigenvalue weighted by Gasteiger charge is -2.42. The standard InChI is InChI=1S/C18H18N2O4/c1-18(2)17(23)16(20-6-5-12(10-21)8-15(20)22)13-7-11(9-19)3-4-14(13)24-18/h3-8,16-17,21,23H,10H2,1-2H3/t16-,17+/m0/s1. The molecule has 0 aliphatic carbocycles. The number of nitriles is 1. The Labute approximate surface area is 139 Å². The van der Waals surface area contributed by atoms with Crippen LogP contribution in [0.15, 0.2) is 41.3 Å². The number of hydrogen-bond donors (Lipinski definition) is 2. The van der Waals surface area contributed by atoms with Gasteiger partial charge in [-0.2, -0.15) is 5.26 Å². The van der Waals surface area contributed by atoms with Gasteiger partial charge in [0.25, 0.3) is 5.56 Å². The van der Waals surface area contributed by atoms with Crippen molar-refractivity contribution in [3.05, 3.63) is 63.6 Å². The molecule has 1 aliphatic rings. The van der Waals surface area contributed by atoms with E-state index in [-0.39, 0.29) is 12.2 Å². The summed E-state index contributed by atoms with van der Waals surface area (Å²) in [6.07, 6.45) is 0.558. The molecule has 1 aromatic heterocycles. The van der Waals surface area contributed by atoms with Crippen LogP contribution in [0.3, 0.4) is 0 Å². The van der Waals surface area contributed by atoms with Gasteiger partial charge < -0.3 is 19.5 Å². The fourth-order valence-corrected chi connectivity index (χ4v) is 3.00. The average Bonchev–Trinajstić information content (AvgIpc) is 2.56. The third kappa shape index (κ3) is 2.58. The van der Waals surface area contributed by atoms with E-state index in [1.165, 1.54) is 10.6 Å². The summed E-state index contributed by atoms with van der Waals surface area (Å²) in [5.41, 5.74) is 0.273. The number of rotatable bonds is 2. The Balaban J connectivity index is 2.22. The molecule has 0 saturated carbocycles. The number of aliphatic hydroxyl groups excluding tert-OH is 2. The van der Waals surface area contributed by atoms with Gasteiger partial charge in [-0.15, -0.1) is 0 Å². The van der Waals surface area contributed by atoms with E-state index in [1.807, 2.05) is 0 Å². The Morgan fingerprint density at radius 3 is 2.71 bits per heavy atom. The first-order chi connectivity index (χ1) is 11.4. The lowest BCUT2D eigenvalue weighted by molar-refractivity contribution is -0.0643. The second-order valence-electron chi connectivity index (χ2n) is 6.40. The van der Waals surface area contributed by atoms with Crippen LogP contribution in [0.25, 0.3) is 0 Å². The van der Waals surface area contributed by atoms with Crippen molar-refractivity contribution in [1.82, 2.24) is 4.57 Å². The number of aromatic nitrogens is 1. The summed E-state index contributed by atoms with van der Waals surface area (Å²) in [5, 5.41) is 29.1. The second-order valence-corrected chi connectivity index (χ2v) is 6.40. The first kappa shape index (κ1) is 16.2. The molecule has 1 aliphatic heterocycles. The zero-order valence-corrected chi connectivity index (χ0v) is 13.4. The van der Waals surface area contributed by atoms with Crippen LogP contribution in [-0.2, 0) is 6.61 Å². The SMILES string of the molecule is CC1(C)Oc2ccc(C#N)cc2[C@H](n2ccc(CO)cc2=O)[C@H]1O. The van der Waals surface area contributed by atoms with Crippen molar-refractivity contribution in [1.29, 1.82) is 5.26 Å². The molecule has 0 fully saturated rings. The van der Waals surface area contributed by atoms with Crippen molar-refractivity contribution in [2.75, 3.05) is 0 Å². The van der Waals surface area contributed by atoms with Crippen molar-refractivity contribution in [2.24, 2.45) is 0 Å². The van der Waals surface area contributed by atoms with Crippen LogP contribution in [0.2, 0.25) is 0 Å². The fourth-order valence-electron chi connectivity index (χ4n) is 3.00. The summed E-state index contributed by atoms with van der Waals surface area (Å²) in [6.45, 7) is 3.27. The maximum Gasteiger partial charge on any atom is 0.251 e. The smallest absolute Gasteiger partial charge is 0.251 e. The van der Waals surface area contributed by atoms with Gasteiger partial charge in [-0.05, 0) is 43.7 Å². The molecule has 3 rings (SSSR count). The Kier molecular flexibility index (Phi) is 3.91. The molecule has 0 unspecified atom stereocenters. The van der Waals surface area contributed by atoms with Crippen LogP contribution in [0.1, 0.15) is 36.6 Å². The zero-order chi connectivity index (χ0) is 17.5. The van der Waals surface area contributed by atoms with E-state index in [9.17, 15) is 15.0 Å². The van der Waals surface area contributed by atoms with Crippen molar-refractivity contribution in [3.8, 4) is 11.8 Å². The maximum atomic E-state index is 12.5.